The predicted octanol–water partition coefficient (Wildman–Crippen LogP) is 4.96. The van der Waals surface area contributed by atoms with Crippen molar-refractivity contribution in [3.05, 3.63) is 76.4 Å². The Morgan fingerprint density at radius 3 is 2.48 bits per heavy atom. The quantitative estimate of drug-likeness (QED) is 0.474. The third-order valence-corrected chi connectivity index (χ3v) is 6.55. The highest BCUT2D eigenvalue weighted by Gasteiger charge is 2.36. The number of hydrogen-bond donors (Lipinski definition) is 1. The standard InChI is InChI=1S/C25H26N2O5S/c1-2-31-25(30)17-11-13-19(14-12-17)27(24(29)20-9-5-15-32-20)22(21-10-6-16-33-21)23(28)26-18-7-3-4-8-18/h5-6,9-16,18,22H,2-4,7-8H2,1H3,(H,26,28)/t22-/m0/s1. The van der Waals surface area contributed by atoms with E-state index in [1.54, 1.807) is 43.3 Å². The van der Waals surface area contributed by atoms with Gasteiger partial charge < -0.3 is 14.5 Å². The van der Waals surface area contributed by atoms with Gasteiger partial charge in [-0.2, -0.15) is 0 Å². The van der Waals surface area contributed by atoms with E-state index in [4.69, 9.17) is 9.15 Å². The zero-order valence-electron chi connectivity index (χ0n) is 18.4. The Balaban J connectivity index is 1.73. The fourth-order valence-corrected chi connectivity index (χ4v) is 4.86. The van der Waals surface area contributed by atoms with E-state index in [1.165, 1.54) is 22.5 Å². The SMILES string of the molecule is CCOC(=O)c1ccc(N(C(=O)c2ccco2)[C@H](C(=O)NC2CCCC2)c2cccs2)cc1. The molecule has 33 heavy (non-hydrogen) atoms. The van der Waals surface area contributed by atoms with Crippen molar-refractivity contribution in [2.24, 2.45) is 0 Å². The first-order chi connectivity index (χ1) is 16.1. The summed E-state index contributed by atoms with van der Waals surface area (Å²) < 4.78 is 10.4. The van der Waals surface area contributed by atoms with Crippen LogP contribution in [0.2, 0.25) is 0 Å². The Hall–Kier alpha value is -3.39. The fourth-order valence-electron chi connectivity index (χ4n) is 4.05. The summed E-state index contributed by atoms with van der Waals surface area (Å²) in [5, 5.41) is 5.01. The number of thiophene rings is 1. The predicted molar refractivity (Wildman–Crippen MR) is 125 cm³/mol. The molecule has 172 valence electrons. The molecule has 0 spiro atoms. The number of furan rings is 1. The van der Waals surface area contributed by atoms with E-state index in [9.17, 15) is 14.4 Å². The second-order valence-electron chi connectivity index (χ2n) is 7.83. The maximum Gasteiger partial charge on any atom is 0.338 e. The molecule has 1 fully saturated rings. The third kappa shape index (κ3) is 5.17. The number of nitrogens with one attached hydrogen (secondary N) is 1. The molecule has 8 heteroatoms. The lowest BCUT2D eigenvalue weighted by molar-refractivity contribution is -0.123. The molecule has 1 atom stereocenters. The van der Waals surface area contributed by atoms with Crippen LogP contribution >= 0.6 is 11.3 Å². The number of ether oxygens (including phenoxy) is 1. The smallest absolute Gasteiger partial charge is 0.338 e. The van der Waals surface area contributed by atoms with Crippen molar-refractivity contribution in [2.75, 3.05) is 11.5 Å². The molecule has 0 aliphatic heterocycles. The van der Waals surface area contributed by atoms with Crippen molar-refractivity contribution in [3.8, 4) is 0 Å². The van der Waals surface area contributed by atoms with Gasteiger partial charge in [0.2, 0.25) is 5.91 Å². The fraction of sp³-hybridized carbons (Fsp3) is 0.320. The first kappa shape index (κ1) is 22.8. The van der Waals surface area contributed by atoms with Crippen LogP contribution in [-0.2, 0) is 9.53 Å². The molecule has 1 aliphatic rings. The second kappa shape index (κ2) is 10.5. The lowest BCUT2D eigenvalue weighted by Crippen LogP contribution is -2.46. The Labute approximate surface area is 196 Å². The van der Waals surface area contributed by atoms with Gasteiger partial charge >= 0.3 is 5.97 Å². The first-order valence-corrected chi connectivity index (χ1v) is 11.9. The van der Waals surface area contributed by atoms with Crippen LogP contribution in [0.5, 0.6) is 0 Å². The molecule has 1 aromatic carbocycles. The Kier molecular flexibility index (Phi) is 7.24. The third-order valence-electron chi connectivity index (χ3n) is 5.63. The molecular weight excluding hydrogens is 440 g/mol. The molecule has 2 heterocycles. The monoisotopic (exact) mass is 466 g/mol. The number of carbonyl (C=O) groups excluding carboxylic acids is 3. The van der Waals surface area contributed by atoms with Crippen LogP contribution in [-0.4, -0.2) is 30.4 Å². The van der Waals surface area contributed by atoms with Gasteiger partial charge in [-0.3, -0.25) is 14.5 Å². The molecule has 3 aromatic rings. The van der Waals surface area contributed by atoms with Crippen LogP contribution in [0.3, 0.4) is 0 Å². The van der Waals surface area contributed by atoms with E-state index >= 15 is 0 Å². The largest absolute Gasteiger partial charge is 0.462 e. The average Bonchev–Trinajstić information content (AvgIpc) is 3.61. The molecule has 1 N–H and O–H groups in total. The van der Waals surface area contributed by atoms with Gasteiger partial charge in [0.15, 0.2) is 11.8 Å². The van der Waals surface area contributed by atoms with Crippen molar-refractivity contribution >= 4 is 34.8 Å². The van der Waals surface area contributed by atoms with Gasteiger partial charge in [-0.25, -0.2) is 4.79 Å². The van der Waals surface area contributed by atoms with Crippen LogP contribution in [0.4, 0.5) is 5.69 Å². The Morgan fingerprint density at radius 2 is 1.88 bits per heavy atom. The van der Waals surface area contributed by atoms with Crippen molar-refractivity contribution in [3.63, 3.8) is 0 Å². The van der Waals surface area contributed by atoms with Crippen molar-refractivity contribution in [1.82, 2.24) is 5.32 Å². The minimum Gasteiger partial charge on any atom is -0.462 e. The molecule has 4 rings (SSSR count). The van der Waals surface area contributed by atoms with Crippen molar-refractivity contribution in [2.45, 2.75) is 44.7 Å². The summed E-state index contributed by atoms with van der Waals surface area (Å²) in [6, 6.07) is 12.6. The lowest BCUT2D eigenvalue weighted by atomic mass is 10.1. The minimum atomic E-state index is -0.878. The maximum atomic E-state index is 13.6. The molecule has 0 radical (unpaired) electrons. The van der Waals surface area contributed by atoms with E-state index in [0.29, 0.717) is 11.3 Å². The summed E-state index contributed by atoms with van der Waals surface area (Å²) in [6.45, 7) is 2.01. The number of esters is 1. The molecular formula is C25H26N2O5S. The highest BCUT2D eigenvalue weighted by molar-refractivity contribution is 7.10. The summed E-state index contributed by atoms with van der Waals surface area (Å²) in [6.07, 6.45) is 5.46. The molecule has 7 nitrogen and oxygen atoms in total. The van der Waals surface area contributed by atoms with Gasteiger partial charge in [0, 0.05) is 16.6 Å². The average molecular weight is 467 g/mol. The van der Waals surface area contributed by atoms with Crippen LogP contribution in [0.1, 0.15) is 64.4 Å². The van der Waals surface area contributed by atoms with Gasteiger partial charge in [-0.15, -0.1) is 11.3 Å². The van der Waals surface area contributed by atoms with Gasteiger partial charge in [0.25, 0.3) is 5.91 Å². The van der Waals surface area contributed by atoms with E-state index in [2.05, 4.69) is 5.32 Å². The van der Waals surface area contributed by atoms with Crippen LogP contribution in [0, 0.1) is 0 Å². The summed E-state index contributed by atoms with van der Waals surface area (Å²) in [5.41, 5.74) is 0.846. The maximum absolute atomic E-state index is 13.6. The summed E-state index contributed by atoms with van der Waals surface area (Å²) in [4.78, 5) is 41.4. The minimum absolute atomic E-state index is 0.103. The van der Waals surface area contributed by atoms with Crippen molar-refractivity contribution < 1.29 is 23.5 Å². The number of hydrogen-bond acceptors (Lipinski definition) is 6. The van der Waals surface area contributed by atoms with Gasteiger partial charge in [0.1, 0.15) is 0 Å². The Morgan fingerprint density at radius 1 is 1.12 bits per heavy atom. The van der Waals surface area contributed by atoms with E-state index in [0.717, 1.165) is 30.6 Å². The normalized spacial score (nSPS) is 14.6. The number of amides is 2. The number of rotatable bonds is 8. The summed E-state index contributed by atoms with van der Waals surface area (Å²) in [5.74, 6) is -0.996. The molecule has 2 aromatic heterocycles. The van der Waals surface area contributed by atoms with Crippen LogP contribution < -0.4 is 10.2 Å². The molecule has 0 unspecified atom stereocenters. The Bertz CT molecular complexity index is 1070. The molecule has 0 saturated heterocycles. The summed E-state index contributed by atoms with van der Waals surface area (Å²) >= 11 is 1.41. The van der Waals surface area contributed by atoms with E-state index in [-0.39, 0.29) is 24.3 Å². The topological polar surface area (TPSA) is 88.8 Å². The molecule has 2 amide bonds. The van der Waals surface area contributed by atoms with Gasteiger partial charge in [0.05, 0.1) is 18.4 Å². The van der Waals surface area contributed by atoms with Crippen molar-refractivity contribution in [1.29, 1.82) is 0 Å². The summed E-state index contributed by atoms with van der Waals surface area (Å²) in [7, 11) is 0. The van der Waals surface area contributed by atoms with Crippen LogP contribution in [0.25, 0.3) is 0 Å². The first-order valence-electron chi connectivity index (χ1n) is 11.1. The number of nitrogens with zero attached hydrogens (tertiary/aromatic N) is 1. The molecule has 0 bridgehead atoms. The highest BCUT2D eigenvalue weighted by atomic mass is 32.1. The second-order valence-corrected chi connectivity index (χ2v) is 8.81. The number of carbonyl (C=O) groups is 3. The van der Waals surface area contributed by atoms with E-state index < -0.39 is 17.9 Å². The van der Waals surface area contributed by atoms with Crippen LogP contribution in [0.15, 0.2) is 64.6 Å². The van der Waals surface area contributed by atoms with Gasteiger partial charge in [-0.1, -0.05) is 18.9 Å². The van der Waals surface area contributed by atoms with Gasteiger partial charge in [-0.05, 0) is 67.6 Å². The molecule has 1 saturated carbocycles. The highest BCUT2D eigenvalue weighted by Crippen LogP contribution is 2.33. The zero-order chi connectivity index (χ0) is 23.2. The van der Waals surface area contributed by atoms with E-state index in [1.807, 2.05) is 17.5 Å². The lowest BCUT2D eigenvalue weighted by Gasteiger charge is -2.31. The number of anilines is 1. The zero-order valence-corrected chi connectivity index (χ0v) is 19.2. The number of benzene rings is 1. The molecule has 1 aliphatic carbocycles.